The van der Waals surface area contributed by atoms with Crippen molar-refractivity contribution in [3.05, 3.63) is 35.9 Å². The van der Waals surface area contributed by atoms with Crippen LogP contribution in [0.4, 0.5) is 4.39 Å². The smallest absolute Gasteiger partial charge is 0.351 e. The zero-order valence-electron chi connectivity index (χ0n) is 38.9. The molecule has 0 saturated carbocycles. The lowest BCUT2D eigenvalue weighted by Gasteiger charge is -2.48. The fourth-order valence-corrected chi connectivity index (χ4v) is 9.51. The summed E-state index contributed by atoms with van der Waals surface area (Å²) in [5.41, 5.74) is -4.58. The van der Waals surface area contributed by atoms with Crippen LogP contribution in [0.2, 0.25) is 0 Å². The van der Waals surface area contributed by atoms with Gasteiger partial charge in [-0.1, -0.05) is 84.0 Å². The van der Waals surface area contributed by atoms with E-state index in [1.165, 1.54) is 20.8 Å². The Labute approximate surface area is 363 Å². The van der Waals surface area contributed by atoms with Gasteiger partial charge in [0.2, 0.25) is 5.91 Å². The molecule has 4 rings (SSSR count). The molecule has 3 aliphatic heterocycles. The Kier molecular flexibility index (Phi) is 17.0. The maximum atomic E-state index is 17.0. The molecule has 2 N–H and O–H groups in total. The molecule has 1 aromatic rings. The van der Waals surface area contributed by atoms with Gasteiger partial charge < -0.3 is 38.9 Å². The van der Waals surface area contributed by atoms with Gasteiger partial charge in [-0.3, -0.25) is 9.59 Å². The average molecular weight is 860 g/mol. The summed E-state index contributed by atoms with van der Waals surface area (Å²) >= 11 is 0. The van der Waals surface area contributed by atoms with E-state index in [1.54, 1.807) is 13.8 Å². The van der Waals surface area contributed by atoms with Crippen LogP contribution in [0, 0.1) is 29.1 Å². The number of hydrogen-bond acceptors (Lipinski definition) is 12. The van der Waals surface area contributed by atoms with Gasteiger partial charge in [-0.05, 0) is 103 Å². The second kappa shape index (κ2) is 20.6. The average Bonchev–Trinajstić information content (AvgIpc) is 3.19. The lowest BCUT2D eigenvalue weighted by Crippen LogP contribution is -2.61. The minimum Gasteiger partial charge on any atom is -0.457 e. The number of benzene rings is 1. The van der Waals surface area contributed by atoms with Gasteiger partial charge in [-0.2, -0.15) is 0 Å². The molecule has 0 aromatic heterocycles. The molecule has 0 spiro atoms. The number of likely N-dealkylation sites (N-methyl/N-ethyl adjacent to an activating group) is 1. The van der Waals surface area contributed by atoms with E-state index in [-0.39, 0.29) is 56.5 Å². The number of ether oxygens (including phenoxy) is 4. The molecule has 2 bridgehead atoms. The van der Waals surface area contributed by atoms with Crippen LogP contribution in [0.1, 0.15) is 127 Å². The number of Topliss-reactive ketones (excluding diaryl/α,β-unsaturated/α-hetero) is 1. The Morgan fingerprint density at radius 2 is 1.72 bits per heavy atom. The number of hydrogen-bond donors (Lipinski definition) is 2. The number of amides is 1. The molecule has 14 heteroatoms. The minimum atomic E-state index is -3.17. The molecule has 0 aliphatic carbocycles. The van der Waals surface area contributed by atoms with Crippen LogP contribution in [-0.4, -0.2) is 118 Å². The lowest BCUT2D eigenvalue weighted by molar-refractivity contribution is -0.297. The second-order valence-electron chi connectivity index (χ2n) is 19.8. The maximum Gasteiger partial charge on any atom is 0.351 e. The Balaban J connectivity index is 1.94. The van der Waals surface area contributed by atoms with E-state index in [0.29, 0.717) is 24.4 Å². The summed E-state index contributed by atoms with van der Waals surface area (Å²) in [7, 11) is 1.95. The van der Waals surface area contributed by atoms with E-state index in [4.69, 9.17) is 23.8 Å². The number of carbonyl (C=O) groups excluding carboxylic acids is 3. The van der Waals surface area contributed by atoms with Crippen molar-refractivity contribution in [2.75, 3.05) is 20.2 Å². The van der Waals surface area contributed by atoms with Crippen molar-refractivity contribution < 1.29 is 52.8 Å². The number of aliphatic hydroxyl groups is 2. The van der Waals surface area contributed by atoms with Gasteiger partial charge in [0, 0.05) is 30.5 Å². The van der Waals surface area contributed by atoms with Crippen molar-refractivity contribution in [2.24, 2.45) is 39.2 Å². The summed E-state index contributed by atoms with van der Waals surface area (Å²) in [4.78, 5) is 53.9. The molecule has 344 valence electrons. The summed E-state index contributed by atoms with van der Waals surface area (Å²) in [6.07, 6.45) is -3.39. The highest BCUT2D eigenvalue weighted by molar-refractivity contribution is 6.08. The number of rotatable bonds is 9. The van der Waals surface area contributed by atoms with Crippen molar-refractivity contribution in [1.82, 2.24) is 4.90 Å². The highest BCUT2D eigenvalue weighted by Crippen LogP contribution is 2.43. The second-order valence-corrected chi connectivity index (χ2v) is 19.8. The van der Waals surface area contributed by atoms with Gasteiger partial charge in [0.25, 0.3) is 5.67 Å². The number of fused-ring (bicyclic) bond motifs is 5. The standard InChI is InChI=1S/C47H74FN3O10/c1-14-37-47(12,56)35-21-20-34(50-58-26-33-18-16-15-17-19-33)27-57-45(10,25-28(2)38(30(35)4)49-32(6)52)41(31(5)40(54)46(11,48)43(55)60-37)61-42-39(53)36(24-29(3)59-42)51(13)23-22-44(7,8)9/h15-19,28-31,35-37,39,41-42,53,56H,14,20-27H2,1-13H3/b49-38?,50-34+/t28-,29-,30-,31+,35-,36+,37-,39-,41-,42+,45-,46+,47+/m1/s1. The van der Waals surface area contributed by atoms with Crippen LogP contribution in [-0.2, 0) is 44.8 Å². The topological polar surface area (TPSA) is 166 Å². The van der Waals surface area contributed by atoms with Crippen LogP contribution in [0.3, 0.4) is 0 Å². The summed E-state index contributed by atoms with van der Waals surface area (Å²) in [6, 6.07) is 9.16. The Morgan fingerprint density at radius 3 is 2.33 bits per heavy atom. The van der Waals surface area contributed by atoms with E-state index in [2.05, 4.69) is 35.8 Å². The highest BCUT2D eigenvalue weighted by Gasteiger charge is 2.56. The summed E-state index contributed by atoms with van der Waals surface area (Å²) in [6.45, 7) is 21.5. The van der Waals surface area contributed by atoms with E-state index in [1.807, 2.05) is 58.2 Å². The molecule has 13 atom stereocenters. The Hall–Kier alpha value is -3.14. The molecule has 3 heterocycles. The normalized spacial score (nSPS) is 38.7. The third kappa shape index (κ3) is 12.5. The molecule has 1 aromatic carbocycles. The van der Waals surface area contributed by atoms with E-state index in [0.717, 1.165) is 18.9 Å². The van der Waals surface area contributed by atoms with Crippen LogP contribution >= 0.6 is 0 Å². The van der Waals surface area contributed by atoms with Crippen molar-refractivity contribution in [1.29, 1.82) is 0 Å². The van der Waals surface area contributed by atoms with Gasteiger partial charge in [0.05, 0.1) is 30.1 Å². The number of oxime groups is 1. The molecule has 0 radical (unpaired) electrons. The Morgan fingerprint density at radius 1 is 1.07 bits per heavy atom. The van der Waals surface area contributed by atoms with E-state index >= 15 is 4.39 Å². The summed E-state index contributed by atoms with van der Waals surface area (Å²) in [5, 5.41) is 29.1. The highest BCUT2D eigenvalue weighted by atomic mass is 19.1. The maximum absolute atomic E-state index is 17.0. The molecular formula is C47H74FN3O10. The van der Waals surface area contributed by atoms with Crippen molar-refractivity contribution in [3.63, 3.8) is 0 Å². The van der Waals surface area contributed by atoms with E-state index < -0.39 is 82.8 Å². The van der Waals surface area contributed by atoms with Crippen LogP contribution in [0.15, 0.2) is 40.5 Å². The largest absolute Gasteiger partial charge is 0.457 e. The predicted molar refractivity (Wildman–Crippen MR) is 232 cm³/mol. The fraction of sp³-hybridized carbons (Fsp3) is 0.766. The lowest BCUT2D eigenvalue weighted by atomic mass is 9.68. The Bertz CT molecular complexity index is 1710. The van der Waals surface area contributed by atoms with Crippen LogP contribution < -0.4 is 0 Å². The van der Waals surface area contributed by atoms with Crippen LogP contribution in [0.5, 0.6) is 0 Å². The number of alkyl halides is 1. The summed E-state index contributed by atoms with van der Waals surface area (Å²) < 4.78 is 42.9. The quantitative estimate of drug-likeness (QED) is 0.149. The molecule has 3 fully saturated rings. The van der Waals surface area contributed by atoms with Gasteiger partial charge in [-0.15, -0.1) is 0 Å². The molecule has 3 aliphatic rings. The van der Waals surface area contributed by atoms with Gasteiger partial charge in [0.1, 0.15) is 24.4 Å². The first-order valence-corrected chi connectivity index (χ1v) is 22.1. The molecular weight excluding hydrogens is 786 g/mol. The summed E-state index contributed by atoms with van der Waals surface area (Å²) in [5.74, 6) is -6.25. The number of aliphatic hydroxyl groups excluding tert-OH is 1. The number of cyclic esters (lactones) is 1. The molecule has 1 amide bonds. The van der Waals surface area contributed by atoms with Crippen molar-refractivity contribution in [2.45, 2.75) is 182 Å². The molecule has 13 nitrogen and oxygen atoms in total. The third-order valence-electron chi connectivity index (χ3n) is 13.2. The first-order chi connectivity index (χ1) is 28.3. The van der Waals surface area contributed by atoms with Crippen molar-refractivity contribution in [3.8, 4) is 0 Å². The first kappa shape index (κ1) is 50.5. The molecule has 3 saturated heterocycles. The zero-order chi connectivity index (χ0) is 45.7. The van der Waals surface area contributed by atoms with Gasteiger partial charge >= 0.3 is 5.97 Å². The van der Waals surface area contributed by atoms with Crippen LogP contribution in [0.25, 0.3) is 0 Å². The number of nitrogens with zero attached hydrogens (tertiary/aromatic N) is 3. The monoisotopic (exact) mass is 860 g/mol. The SMILES string of the molecule is CC[C@H]1OC(=O)[C@@](C)(F)C(=O)[C@H](C)[C@@H](O[C@@H]2O[C@H](C)C[C@H](N(C)CCC(C)(C)C)[C@H]2O)[C@@]2(C)C[C@@H](C)C(=NC(C)=O)[C@H](C)[C@@H](CC/C(=N\OCc3ccccc3)CO2)[C@]1(C)O. The number of aliphatic imine (C=N–C) groups is 1. The van der Waals surface area contributed by atoms with Crippen molar-refractivity contribution >= 4 is 29.1 Å². The number of halogens is 1. The van der Waals surface area contributed by atoms with E-state index in [9.17, 15) is 24.6 Å². The number of ketones is 1. The minimum absolute atomic E-state index is 0.0501. The number of esters is 1. The fourth-order valence-electron chi connectivity index (χ4n) is 9.51. The molecule has 0 unspecified atom stereocenters. The first-order valence-electron chi connectivity index (χ1n) is 22.1. The third-order valence-corrected chi connectivity index (χ3v) is 13.2. The molecule has 61 heavy (non-hydrogen) atoms. The zero-order valence-corrected chi connectivity index (χ0v) is 38.9. The number of carbonyl (C=O) groups is 3. The van der Waals surface area contributed by atoms with Gasteiger partial charge in [0.15, 0.2) is 12.1 Å². The van der Waals surface area contributed by atoms with Gasteiger partial charge in [-0.25, -0.2) is 14.2 Å². The predicted octanol–water partition coefficient (Wildman–Crippen LogP) is 7.03.